The smallest absolute Gasteiger partial charge is 0.0798 e. The first-order valence-electron chi connectivity index (χ1n) is 5.53. The van der Waals surface area contributed by atoms with Crippen molar-refractivity contribution in [3.63, 3.8) is 0 Å². The van der Waals surface area contributed by atoms with Gasteiger partial charge in [0, 0.05) is 11.4 Å². The van der Waals surface area contributed by atoms with Gasteiger partial charge >= 0.3 is 0 Å². The van der Waals surface area contributed by atoms with Gasteiger partial charge in [0.2, 0.25) is 0 Å². The molecule has 2 heterocycles. The van der Waals surface area contributed by atoms with E-state index in [4.69, 9.17) is 0 Å². The molecule has 2 rings (SSSR count). The van der Waals surface area contributed by atoms with Crippen molar-refractivity contribution in [2.24, 2.45) is 5.92 Å². The van der Waals surface area contributed by atoms with E-state index in [0.717, 1.165) is 12.5 Å². The first-order valence-corrected chi connectivity index (χ1v) is 7.57. The van der Waals surface area contributed by atoms with Crippen LogP contribution in [-0.2, 0) is 6.54 Å². The molecule has 1 aliphatic heterocycles. The van der Waals surface area contributed by atoms with Crippen molar-refractivity contribution in [2.45, 2.75) is 26.3 Å². The Balaban J connectivity index is 1.68. The van der Waals surface area contributed by atoms with E-state index in [2.05, 4.69) is 29.0 Å². The topological polar surface area (TPSA) is 24.9 Å². The molecule has 0 unspecified atom stereocenters. The molecular weight excluding hydrogens is 224 g/mol. The number of thiazole rings is 1. The third kappa shape index (κ3) is 3.47. The first-order chi connectivity index (χ1) is 7.36. The monoisotopic (exact) mass is 242 g/mol. The highest BCUT2D eigenvalue weighted by Gasteiger charge is 2.13. The number of aromatic nitrogens is 1. The predicted molar refractivity (Wildman–Crippen MR) is 68.6 cm³/mol. The van der Waals surface area contributed by atoms with Crippen molar-refractivity contribution >= 4 is 23.1 Å². The summed E-state index contributed by atoms with van der Waals surface area (Å²) in [7, 11) is 0. The summed E-state index contributed by atoms with van der Waals surface area (Å²) in [5, 5.41) is 3.56. The lowest BCUT2D eigenvalue weighted by molar-refractivity contribution is 0.448. The number of hydrogen-bond donors (Lipinski definition) is 1. The summed E-state index contributed by atoms with van der Waals surface area (Å²) in [6, 6.07) is 0. The Kier molecular flexibility index (Phi) is 4.47. The largest absolute Gasteiger partial charge is 0.312 e. The summed E-state index contributed by atoms with van der Waals surface area (Å²) in [4.78, 5) is 5.65. The van der Waals surface area contributed by atoms with Crippen molar-refractivity contribution in [3.05, 3.63) is 16.1 Å². The van der Waals surface area contributed by atoms with Crippen LogP contribution in [0.5, 0.6) is 0 Å². The fourth-order valence-corrected chi connectivity index (χ4v) is 3.79. The van der Waals surface area contributed by atoms with Gasteiger partial charge in [-0.3, -0.25) is 0 Å². The minimum absolute atomic E-state index is 0.902. The Bertz CT molecular complexity index is 293. The summed E-state index contributed by atoms with van der Waals surface area (Å²) in [5.41, 5.74) is 3.12. The second kappa shape index (κ2) is 5.87. The first kappa shape index (κ1) is 11.4. The van der Waals surface area contributed by atoms with Gasteiger partial charge in [-0.1, -0.05) is 0 Å². The number of rotatable bonds is 4. The van der Waals surface area contributed by atoms with Crippen LogP contribution < -0.4 is 5.32 Å². The predicted octanol–water partition coefficient (Wildman–Crippen LogP) is 2.68. The van der Waals surface area contributed by atoms with Gasteiger partial charge in [0.1, 0.15) is 0 Å². The number of nitrogens with one attached hydrogen (secondary N) is 1. The van der Waals surface area contributed by atoms with Crippen molar-refractivity contribution in [1.29, 1.82) is 0 Å². The van der Waals surface area contributed by atoms with E-state index in [0.29, 0.717) is 0 Å². The average molecular weight is 242 g/mol. The van der Waals surface area contributed by atoms with Crippen LogP contribution in [-0.4, -0.2) is 23.0 Å². The second-order valence-corrected chi connectivity index (χ2v) is 6.21. The van der Waals surface area contributed by atoms with Crippen LogP contribution in [0.25, 0.3) is 0 Å². The maximum Gasteiger partial charge on any atom is 0.0798 e. The van der Waals surface area contributed by atoms with Gasteiger partial charge in [0.25, 0.3) is 0 Å². The van der Waals surface area contributed by atoms with Crippen LogP contribution in [0.3, 0.4) is 0 Å². The van der Waals surface area contributed by atoms with E-state index in [9.17, 15) is 0 Å². The van der Waals surface area contributed by atoms with E-state index >= 15 is 0 Å². The molecule has 0 atom stereocenters. The Hall–Kier alpha value is -0.0600. The van der Waals surface area contributed by atoms with Crippen LogP contribution in [0.1, 0.15) is 23.4 Å². The summed E-state index contributed by atoms with van der Waals surface area (Å²) < 4.78 is 0. The maximum absolute atomic E-state index is 4.26. The third-order valence-corrected chi connectivity index (χ3v) is 4.89. The molecule has 0 spiro atoms. The highest BCUT2D eigenvalue weighted by atomic mass is 32.2. The van der Waals surface area contributed by atoms with Crippen LogP contribution in [0.4, 0.5) is 0 Å². The van der Waals surface area contributed by atoms with E-state index in [-0.39, 0.29) is 0 Å². The fourth-order valence-electron chi connectivity index (χ4n) is 1.84. The number of aryl methyl sites for hydroxylation is 1. The number of nitrogens with zero attached hydrogens (tertiary/aromatic N) is 1. The molecule has 1 aliphatic rings. The molecule has 1 fully saturated rings. The van der Waals surface area contributed by atoms with E-state index < -0.39 is 0 Å². The second-order valence-electron chi connectivity index (χ2n) is 4.05. The molecule has 4 heteroatoms. The molecular formula is C11H18N2S2. The summed E-state index contributed by atoms with van der Waals surface area (Å²) >= 11 is 3.86. The van der Waals surface area contributed by atoms with E-state index in [1.807, 2.05) is 5.51 Å². The molecule has 0 aromatic carbocycles. The Morgan fingerprint density at radius 1 is 1.47 bits per heavy atom. The number of thioether (sulfide) groups is 1. The van der Waals surface area contributed by atoms with Gasteiger partial charge in [-0.05, 0) is 43.7 Å². The van der Waals surface area contributed by atoms with Crippen LogP contribution in [0.15, 0.2) is 5.51 Å². The third-order valence-electron chi connectivity index (χ3n) is 2.90. The van der Waals surface area contributed by atoms with Gasteiger partial charge < -0.3 is 5.32 Å². The zero-order valence-corrected chi connectivity index (χ0v) is 10.8. The molecule has 1 N–H and O–H groups in total. The van der Waals surface area contributed by atoms with Gasteiger partial charge in [-0.2, -0.15) is 11.8 Å². The number of hydrogen-bond acceptors (Lipinski definition) is 4. The quantitative estimate of drug-likeness (QED) is 0.879. The minimum atomic E-state index is 0.902. The molecule has 2 nitrogen and oxygen atoms in total. The summed E-state index contributed by atoms with van der Waals surface area (Å²) in [6.07, 6.45) is 2.78. The molecule has 1 aromatic heterocycles. The molecule has 1 saturated heterocycles. The zero-order chi connectivity index (χ0) is 10.5. The standard InChI is InChI=1S/C11H18N2S2/c1-9-11(15-8-13-9)7-12-6-10-2-4-14-5-3-10/h8,10,12H,2-7H2,1H3. The molecule has 0 amide bonds. The molecule has 1 aromatic rings. The zero-order valence-electron chi connectivity index (χ0n) is 9.16. The molecule has 0 radical (unpaired) electrons. The van der Waals surface area contributed by atoms with Gasteiger partial charge in [0.15, 0.2) is 0 Å². The van der Waals surface area contributed by atoms with Crippen molar-refractivity contribution in [3.8, 4) is 0 Å². The lowest BCUT2D eigenvalue weighted by Crippen LogP contribution is -2.25. The molecule has 0 bridgehead atoms. The summed E-state index contributed by atoms with van der Waals surface area (Å²) in [5.74, 6) is 3.61. The lowest BCUT2D eigenvalue weighted by atomic mass is 10.0. The lowest BCUT2D eigenvalue weighted by Gasteiger charge is -2.21. The maximum atomic E-state index is 4.26. The van der Waals surface area contributed by atoms with Gasteiger partial charge in [0.05, 0.1) is 11.2 Å². The summed E-state index contributed by atoms with van der Waals surface area (Å²) in [6.45, 7) is 4.27. The van der Waals surface area contributed by atoms with E-state index in [1.165, 1.54) is 41.5 Å². The Labute approximate surface area is 99.9 Å². The van der Waals surface area contributed by atoms with Gasteiger partial charge in [-0.25, -0.2) is 4.98 Å². The molecule has 84 valence electrons. The highest BCUT2D eigenvalue weighted by molar-refractivity contribution is 7.99. The Morgan fingerprint density at radius 3 is 2.93 bits per heavy atom. The van der Waals surface area contributed by atoms with Crippen molar-refractivity contribution in [1.82, 2.24) is 10.3 Å². The molecule has 0 saturated carbocycles. The minimum Gasteiger partial charge on any atom is -0.312 e. The van der Waals surface area contributed by atoms with Crippen LogP contribution in [0.2, 0.25) is 0 Å². The van der Waals surface area contributed by atoms with Crippen molar-refractivity contribution in [2.75, 3.05) is 18.1 Å². The normalized spacial score (nSPS) is 18.2. The van der Waals surface area contributed by atoms with Gasteiger partial charge in [-0.15, -0.1) is 11.3 Å². The molecule has 0 aliphatic carbocycles. The SMILES string of the molecule is Cc1ncsc1CNCC1CCSCC1. The van der Waals surface area contributed by atoms with E-state index in [1.54, 1.807) is 11.3 Å². The van der Waals surface area contributed by atoms with Crippen LogP contribution >= 0.6 is 23.1 Å². The Morgan fingerprint density at radius 2 is 2.27 bits per heavy atom. The fraction of sp³-hybridized carbons (Fsp3) is 0.727. The van der Waals surface area contributed by atoms with Crippen LogP contribution in [0, 0.1) is 12.8 Å². The average Bonchev–Trinajstić information content (AvgIpc) is 2.66. The van der Waals surface area contributed by atoms with Crippen molar-refractivity contribution < 1.29 is 0 Å². The highest BCUT2D eigenvalue weighted by Crippen LogP contribution is 2.22. The molecule has 15 heavy (non-hydrogen) atoms.